The lowest BCUT2D eigenvalue weighted by atomic mass is 9.42. The van der Waals surface area contributed by atoms with Gasteiger partial charge in [-0.2, -0.15) is 0 Å². The molecule has 0 spiro atoms. The summed E-state index contributed by atoms with van der Waals surface area (Å²) in [7, 11) is 1.74. The van der Waals surface area contributed by atoms with Gasteiger partial charge in [0, 0.05) is 40.5 Å². The summed E-state index contributed by atoms with van der Waals surface area (Å²) in [6.45, 7) is 18.0. The first-order chi connectivity index (χ1) is 27.5. The Kier molecular flexibility index (Phi) is 24.3. The number of hydrogen-bond acceptors (Lipinski definition) is 9. The third-order valence-corrected chi connectivity index (χ3v) is 14.3. The fourth-order valence-electron chi connectivity index (χ4n) is 11.0. The third-order valence-electron chi connectivity index (χ3n) is 14.3. The lowest BCUT2D eigenvalue weighted by molar-refractivity contribution is -0.152. The van der Waals surface area contributed by atoms with E-state index in [1.165, 1.54) is 71.6 Å². The molecular weight excluding hydrogens is 759 g/mol. The standard InChI is InChI=1S/C38H67N3O3.C9H14O5.2CH4/c1-27(2)13-11-14-28(3)32-15-12-16-33-31-18-17-29-25-30(19-21-37(29,4)34(31)20-22-38(32,33)5)44-35(42)26-41-36(39)40-23-9-7-8-10-24-43-6;1-7(11)13-5-9(3,4-10)6-14-8(2)12;;/h17,27-28,30-34H,7-16,18-26H2,1-6H3,(H3,39,40,41);4H,5-6H2,1-3H3;2*1H4/t28-,30?,31?,32?,33?,34?,37?,38?;;;/m1.../s1. The van der Waals surface area contributed by atoms with Gasteiger partial charge in [-0.3, -0.25) is 14.4 Å². The van der Waals surface area contributed by atoms with Crippen LogP contribution in [0.15, 0.2) is 16.6 Å². The van der Waals surface area contributed by atoms with E-state index in [2.05, 4.69) is 60.5 Å². The fourth-order valence-corrected chi connectivity index (χ4v) is 11.0. The van der Waals surface area contributed by atoms with E-state index in [4.69, 9.17) is 15.2 Å². The predicted molar refractivity (Wildman–Crippen MR) is 243 cm³/mol. The number of allylic oxidation sites excluding steroid dienone is 1. The molecule has 4 aliphatic rings. The lowest BCUT2D eigenvalue weighted by Crippen LogP contribution is -2.54. The molecular formula is C49H89N3O8. The molecule has 8 atom stereocenters. The number of fused-ring (bicyclic) bond motifs is 5. The monoisotopic (exact) mass is 848 g/mol. The maximum Gasteiger partial charge on any atom is 0.328 e. The van der Waals surface area contributed by atoms with Gasteiger partial charge >= 0.3 is 17.9 Å². The second-order valence-electron chi connectivity index (χ2n) is 19.4. The number of unbranched alkanes of at least 4 members (excludes halogenated alkanes) is 3. The van der Waals surface area contributed by atoms with Crippen molar-refractivity contribution in [2.75, 3.05) is 40.0 Å². The zero-order chi connectivity index (χ0) is 42.9. The van der Waals surface area contributed by atoms with Gasteiger partial charge in [0.05, 0.1) is 5.41 Å². The van der Waals surface area contributed by atoms with E-state index in [0.29, 0.717) is 17.7 Å². The Morgan fingerprint density at radius 1 is 0.933 bits per heavy atom. The topological polar surface area (TPSA) is 156 Å². The second kappa shape index (κ2) is 26.5. The summed E-state index contributed by atoms with van der Waals surface area (Å²) >= 11 is 0. The highest BCUT2D eigenvalue weighted by Crippen LogP contribution is 2.66. The molecule has 0 aromatic rings. The van der Waals surface area contributed by atoms with E-state index < -0.39 is 17.4 Å². The number of hydrogen-bond donors (Lipinski definition) is 2. The van der Waals surface area contributed by atoms with Gasteiger partial charge in [0.2, 0.25) is 0 Å². The minimum atomic E-state index is -0.961. The van der Waals surface area contributed by atoms with E-state index in [1.807, 2.05) is 0 Å². The van der Waals surface area contributed by atoms with Crippen LogP contribution in [0.5, 0.6) is 0 Å². The summed E-state index contributed by atoms with van der Waals surface area (Å²) in [6, 6.07) is 0. The van der Waals surface area contributed by atoms with Crippen LogP contribution in [0.25, 0.3) is 0 Å². The molecule has 3 N–H and O–H groups in total. The minimum Gasteiger partial charge on any atom is -0.465 e. The van der Waals surface area contributed by atoms with E-state index in [0.717, 1.165) is 93.6 Å². The van der Waals surface area contributed by atoms with Crippen molar-refractivity contribution in [2.24, 2.45) is 62.5 Å². The van der Waals surface area contributed by atoms with Crippen molar-refractivity contribution in [3.8, 4) is 0 Å². The van der Waals surface area contributed by atoms with Crippen molar-refractivity contribution in [1.29, 1.82) is 0 Å². The molecule has 4 aliphatic carbocycles. The lowest BCUT2D eigenvalue weighted by Gasteiger charge is -2.62. The predicted octanol–water partition coefficient (Wildman–Crippen LogP) is 10.0. The van der Waals surface area contributed by atoms with Crippen LogP contribution in [0.2, 0.25) is 0 Å². The highest BCUT2D eigenvalue weighted by Gasteiger charge is 2.58. The molecule has 11 heteroatoms. The van der Waals surface area contributed by atoms with Gasteiger partial charge in [0.1, 0.15) is 32.1 Å². The number of guanidine groups is 1. The molecule has 3 fully saturated rings. The molecule has 3 saturated carbocycles. The number of aliphatic imine (C=N–C) groups is 1. The SMILES string of the molecule is C.C.CC(=O)OCC(C)(C=O)COC(C)=O.COCCCCCCNC(N)=NCC(=O)OC1CCC2(C)C(=CCC3C2CCC2(C)C3CCCC2[C@H](C)CCCC(C)C)C1. The first-order valence-corrected chi connectivity index (χ1v) is 22.6. The van der Waals surface area contributed by atoms with Crippen molar-refractivity contribution >= 4 is 30.2 Å². The zero-order valence-electron chi connectivity index (χ0n) is 37.8. The molecule has 4 rings (SSSR count). The number of nitrogens with one attached hydrogen (secondary N) is 1. The number of nitrogens with zero attached hydrogens (tertiary/aromatic N) is 1. The molecule has 0 heterocycles. The first kappa shape index (κ1) is 55.1. The van der Waals surface area contributed by atoms with Crippen LogP contribution in [-0.2, 0) is 38.1 Å². The van der Waals surface area contributed by atoms with Gasteiger partial charge in [0.15, 0.2) is 5.96 Å². The van der Waals surface area contributed by atoms with Crippen LogP contribution >= 0.6 is 0 Å². The number of methoxy groups -OCH3 is 1. The summed E-state index contributed by atoms with van der Waals surface area (Å²) in [5.74, 6) is 4.15. The number of esters is 3. The van der Waals surface area contributed by atoms with Gasteiger partial charge in [-0.25, -0.2) is 4.99 Å². The van der Waals surface area contributed by atoms with Crippen LogP contribution in [0.1, 0.15) is 173 Å². The van der Waals surface area contributed by atoms with Crippen molar-refractivity contribution in [3.63, 3.8) is 0 Å². The third kappa shape index (κ3) is 16.4. The van der Waals surface area contributed by atoms with E-state index in [-0.39, 0.29) is 52.1 Å². The van der Waals surface area contributed by atoms with Gasteiger partial charge < -0.3 is 34.8 Å². The van der Waals surface area contributed by atoms with E-state index in [1.54, 1.807) is 19.6 Å². The summed E-state index contributed by atoms with van der Waals surface area (Å²) in [4.78, 5) is 48.6. The molecule has 0 radical (unpaired) electrons. The smallest absolute Gasteiger partial charge is 0.328 e. The average Bonchev–Trinajstić information content (AvgIpc) is 3.17. The molecule has 0 aromatic carbocycles. The number of carbonyl (C=O) groups is 4. The molecule has 0 bridgehead atoms. The van der Waals surface area contributed by atoms with Gasteiger partial charge in [-0.15, -0.1) is 0 Å². The Hall–Kier alpha value is -2.95. The van der Waals surface area contributed by atoms with Crippen molar-refractivity contribution < 1.29 is 38.1 Å². The van der Waals surface area contributed by atoms with Gasteiger partial charge in [-0.1, -0.05) is 99.6 Å². The molecule has 7 unspecified atom stereocenters. The highest BCUT2D eigenvalue weighted by atomic mass is 16.6. The van der Waals surface area contributed by atoms with Crippen molar-refractivity contribution in [1.82, 2.24) is 5.32 Å². The van der Waals surface area contributed by atoms with E-state index >= 15 is 0 Å². The number of carbonyl (C=O) groups excluding carboxylic acids is 4. The average molecular weight is 848 g/mol. The van der Waals surface area contributed by atoms with Crippen molar-refractivity contribution in [3.05, 3.63) is 11.6 Å². The Labute approximate surface area is 365 Å². The van der Waals surface area contributed by atoms with Gasteiger partial charge in [-0.05, 0) is 111 Å². The largest absolute Gasteiger partial charge is 0.465 e. The zero-order valence-corrected chi connectivity index (χ0v) is 37.8. The quantitative estimate of drug-likeness (QED) is 0.0230. The summed E-state index contributed by atoms with van der Waals surface area (Å²) in [5, 5.41) is 3.12. The maximum absolute atomic E-state index is 12.7. The summed E-state index contributed by atoms with van der Waals surface area (Å²) in [6.07, 6.45) is 23.0. The number of nitrogens with two attached hydrogens (primary N) is 1. The first-order valence-electron chi connectivity index (χ1n) is 22.6. The normalized spacial score (nSPS) is 27.7. The summed E-state index contributed by atoms with van der Waals surface area (Å²) < 4.78 is 20.4. The highest BCUT2D eigenvalue weighted by molar-refractivity contribution is 5.81. The van der Waals surface area contributed by atoms with Crippen molar-refractivity contribution in [2.45, 2.75) is 179 Å². The van der Waals surface area contributed by atoms with E-state index in [9.17, 15) is 19.2 Å². The van der Waals surface area contributed by atoms with Crippen LogP contribution in [0, 0.1) is 51.8 Å². The minimum absolute atomic E-state index is 0. The van der Waals surface area contributed by atoms with Crippen LogP contribution in [0.4, 0.5) is 0 Å². The maximum atomic E-state index is 12.7. The molecule has 0 aromatic heterocycles. The fraction of sp³-hybridized carbons (Fsp3) is 0.857. The van der Waals surface area contributed by atoms with Crippen LogP contribution in [-0.4, -0.2) is 76.3 Å². The number of rotatable bonds is 20. The molecule has 60 heavy (non-hydrogen) atoms. The molecule has 0 saturated heterocycles. The van der Waals surface area contributed by atoms with Crippen LogP contribution < -0.4 is 11.1 Å². The number of aldehydes is 1. The Bertz CT molecular complexity index is 1360. The molecule has 348 valence electrons. The Balaban J connectivity index is 0.000000966. The number of ether oxygens (including phenoxy) is 4. The Morgan fingerprint density at radius 3 is 2.22 bits per heavy atom. The summed E-state index contributed by atoms with van der Waals surface area (Å²) in [5.41, 5.74) is 7.37. The molecule has 0 amide bonds. The Morgan fingerprint density at radius 2 is 1.60 bits per heavy atom. The molecule has 11 nitrogen and oxygen atoms in total. The molecule has 0 aliphatic heterocycles. The second-order valence-corrected chi connectivity index (χ2v) is 19.4. The van der Waals surface area contributed by atoms with Crippen LogP contribution in [0.3, 0.4) is 0 Å². The van der Waals surface area contributed by atoms with Gasteiger partial charge in [0.25, 0.3) is 0 Å².